The maximum atomic E-state index is 10.1. The van der Waals surface area contributed by atoms with Gasteiger partial charge >= 0.3 is 0 Å². The molecule has 0 rings (SSSR count). The van der Waals surface area contributed by atoms with Crippen LogP contribution in [0, 0.1) is 0 Å². The molecule has 0 saturated heterocycles. The second-order valence-corrected chi connectivity index (χ2v) is 14.5. The molecule has 3 nitrogen and oxygen atoms in total. The third-order valence-electron chi connectivity index (χ3n) is 9.25. The van der Waals surface area contributed by atoms with Crippen LogP contribution in [0.15, 0.2) is 36.5 Å². The van der Waals surface area contributed by atoms with Crippen molar-refractivity contribution in [3.63, 3.8) is 0 Å². The van der Waals surface area contributed by atoms with E-state index in [0.29, 0.717) is 6.42 Å². The molecule has 0 atom stereocenters. The van der Waals surface area contributed by atoms with Gasteiger partial charge in [0, 0.05) is 19.3 Å². The summed E-state index contributed by atoms with van der Waals surface area (Å²) in [4.78, 5) is 30.3. The second kappa shape index (κ2) is 57.6. The van der Waals surface area contributed by atoms with E-state index in [4.69, 9.17) is 0 Å². The number of rotatable bonds is 39. The lowest BCUT2D eigenvalue weighted by Crippen LogP contribution is -1.81. The fraction of sp³-hybridized carbons (Fsp3) is 0.812. The minimum Gasteiger partial charge on any atom is -0.303 e. The molecule has 0 aromatic rings. The van der Waals surface area contributed by atoms with Crippen LogP contribution in [-0.4, -0.2) is 18.9 Å². The molecule has 0 saturated carbocycles. The fourth-order valence-corrected chi connectivity index (χ4v) is 5.81. The van der Waals surface area contributed by atoms with Crippen LogP contribution in [-0.2, 0) is 14.4 Å². The Bertz CT molecular complexity index is 667. The number of hydrogen-bond donors (Lipinski definition) is 0. The summed E-state index contributed by atoms with van der Waals surface area (Å²) in [5.41, 5.74) is 0. The lowest BCUT2D eigenvalue weighted by Gasteiger charge is -1.99. The lowest BCUT2D eigenvalue weighted by atomic mass is 10.1. The number of hydrogen-bond acceptors (Lipinski definition) is 3. The molecule has 0 unspecified atom stereocenters. The normalized spacial score (nSPS) is 11.1. The average molecular weight is 715 g/mol. The molecule has 0 aromatic carbocycles. The summed E-state index contributed by atoms with van der Waals surface area (Å²) in [6.07, 6.45) is 62.0. The quantitative estimate of drug-likeness (QED) is 0.0362. The van der Waals surface area contributed by atoms with Crippen molar-refractivity contribution in [2.45, 2.75) is 252 Å². The van der Waals surface area contributed by atoms with Crippen molar-refractivity contribution >= 4 is 18.9 Å². The van der Waals surface area contributed by atoms with Gasteiger partial charge < -0.3 is 14.4 Å². The van der Waals surface area contributed by atoms with Gasteiger partial charge in [-0.2, -0.15) is 0 Å². The molecule has 0 aromatic heterocycles. The van der Waals surface area contributed by atoms with Crippen molar-refractivity contribution in [1.82, 2.24) is 0 Å². The predicted molar refractivity (Wildman–Crippen MR) is 229 cm³/mol. The van der Waals surface area contributed by atoms with E-state index >= 15 is 0 Å². The molecule has 0 N–H and O–H groups in total. The highest BCUT2D eigenvalue weighted by Crippen LogP contribution is 2.12. The molecule has 0 fully saturated rings. The molecule has 0 aliphatic heterocycles. The monoisotopic (exact) mass is 715 g/mol. The molecule has 0 aliphatic rings. The molecule has 51 heavy (non-hydrogen) atoms. The van der Waals surface area contributed by atoms with Crippen LogP contribution >= 0.6 is 0 Å². The Balaban J connectivity index is -0.000000678. The number of carbonyl (C=O) groups is 3. The molecule has 0 aliphatic carbocycles. The van der Waals surface area contributed by atoms with E-state index in [2.05, 4.69) is 57.2 Å². The van der Waals surface area contributed by atoms with Gasteiger partial charge in [-0.25, -0.2) is 0 Å². The Hall–Kier alpha value is -1.77. The van der Waals surface area contributed by atoms with Gasteiger partial charge in [0.15, 0.2) is 0 Å². The lowest BCUT2D eigenvalue weighted by molar-refractivity contribution is -0.108. The van der Waals surface area contributed by atoms with Gasteiger partial charge in [0.05, 0.1) is 0 Å². The van der Waals surface area contributed by atoms with Gasteiger partial charge in [0.25, 0.3) is 0 Å². The molecule has 0 heterocycles. The van der Waals surface area contributed by atoms with Crippen molar-refractivity contribution in [3.8, 4) is 0 Å². The third-order valence-corrected chi connectivity index (χ3v) is 9.25. The minimum absolute atomic E-state index is 0.710. The summed E-state index contributed by atoms with van der Waals surface area (Å²) in [6.45, 7) is 6.74. The SMILES string of the molecule is CCCC/C=C\CCCCCCCCCC=O.CCCC/C=C\CCCCCCCCCC=O.CCCCCCCCCC/C=C\CCCC=O. The van der Waals surface area contributed by atoms with E-state index < -0.39 is 0 Å². The first kappa shape index (κ1) is 53.6. The summed E-state index contributed by atoms with van der Waals surface area (Å²) in [5, 5.41) is 0. The van der Waals surface area contributed by atoms with Crippen molar-refractivity contribution in [1.29, 1.82) is 0 Å². The van der Waals surface area contributed by atoms with Crippen LogP contribution < -0.4 is 0 Å². The van der Waals surface area contributed by atoms with Crippen LogP contribution in [0.5, 0.6) is 0 Å². The number of unbranched alkanes of at least 4 members (excludes halogenated alkanes) is 30. The van der Waals surface area contributed by atoms with Crippen molar-refractivity contribution in [3.05, 3.63) is 36.5 Å². The zero-order valence-electron chi connectivity index (χ0n) is 34.9. The molecule has 0 bridgehead atoms. The van der Waals surface area contributed by atoms with E-state index in [1.807, 2.05) is 0 Å². The topological polar surface area (TPSA) is 51.2 Å². The fourth-order valence-electron chi connectivity index (χ4n) is 5.81. The van der Waals surface area contributed by atoms with Gasteiger partial charge in [-0.1, -0.05) is 192 Å². The summed E-state index contributed by atoms with van der Waals surface area (Å²) >= 11 is 0. The van der Waals surface area contributed by atoms with Crippen molar-refractivity contribution in [2.24, 2.45) is 0 Å². The molecule has 300 valence electrons. The zero-order chi connectivity index (χ0) is 37.8. The highest BCUT2D eigenvalue weighted by Gasteiger charge is 1.93. The summed E-state index contributed by atoms with van der Waals surface area (Å²) < 4.78 is 0. The molecular weight excluding hydrogens is 625 g/mol. The number of aldehydes is 3. The number of allylic oxidation sites excluding steroid dienone is 6. The summed E-state index contributed by atoms with van der Waals surface area (Å²) in [5.74, 6) is 0. The van der Waals surface area contributed by atoms with E-state index in [1.165, 1.54) is 186 Å². The molecule has 0 spiro atoms. The first-order valence-electron chi connectivity index (χ1n) is 22.5. The van der Waals surface area contributed by atoms with Crippen molar-refractivity contribution < 1.29 is 14.4 Å². The average Bonchev–Trinajstić information content (AvgIpc) is 3.15. The maximum absolute atomic E-state index is 10.1. The molecule has 0 amide bonds. The summed E-state index contributed by atoms with van der Waals surface area (Å²) in [6, 6.07) is 0. The smallest absolute Gasteiger partial charge is 0.120 e. The Morgan fingerprint density at radius 2 is 0.412 bits per heavy atom. The van der Waals surface area contributed by atoms with Crippen LogP contribution in [0.3, 0.4) is 0 Å². The van der Waals surface area contributed by atoms with E-state index in [1.54, 1.807) is 0 Å². The number of carbonyl (C=O) groups excluding carboxylic acids is 3. The van der Waals surface area contributed by atoms with Gasteiger partial charge in [-0.05, 0) is 77.0 Å². The van der Waals surface area contributed by atoms with Crippen LogP contribution in [0.4, 0.5) is 0 Å². The van der Waals surface area contributed by atoms with Crippen LogP contribution in [0.1, 0.15) is 252 Å². The van der Waals surface area contributed by atoms with Crippen LogP contribution in [0.2, 0.25) is 0 Å². The Labute approximate surface area is 320 Å². The van der Waals surface area contributed by atoms with Gasteiger partial charge in [-0.15, -0.1) is 0 Å². The van der Waals surface area contributed by atoms with Gasteiger partial charge in [0.2, 0.25) is 0 Å². The third kappa shape index (κ3) is 63.7. The first-order valence-corrected chi connectivity index (χ1v) is 22.5. The Kier molecular flexibility index (Phi) is 60.5. The van der Waals surface area contributed by atoms with E-state index in [0.717, 1.165) is 57.4 Å². The van der Waals surface area contributed by atoms with Crippen molar-refractivity contribution in [2.75, 3.05) is 0 Å². The molecule has 3 heteroatoms. The highest BCUT2D eigenvalue weighted by molar-refractivity contribution is 5.49. The largest absolute Gasteiger partial charge is 0.303 e. The summed E-state index contributed by atoms with van der Waals surface area (Å²) in [7, 11) is 0. The van der Waals surface area contributed by atoms with E-state index in [9.17, 15) is 14.4 Å². The maximum Gasteiger partial charge on any atom is 0.120 e. The van der Waals surface area contributed by atoms with Crippen LogP contribution in [0.25, 0.3) is 0 Å². The van der Waals surface area contributed by atoms with Gasteiger partial charge in [0.1, 0.15) is 18.9 Å². The zero-order valence-corrected chi connectivity index (χ0v) is 34.9. The standard InChI is InChI=1S/3C16H30O/c3*1-2-3-4-5-6-7-8-9-10-11-12-13-14-15-16-17/h11-12,16H,2-10,13-15H2,1H3;2*5-6,16H,2-4,7-15H2,1H3/b12-11-;2*6-5-. The van der Waals surface area contributed by atoms with Gasteiger partial charge in [-0.3, -0.25) is 0 Å². The minimum atomic E-state index is 0.710. The first-order chi connectivity index (χ1) is 25.2. The Morgan fingerprint density at radius 3 is 0.686 bits per heavy atom. The second-order valence-electron chi connectivity index (χ2n) is 14.5. The molecule has 0 radical (unpaired) electrons. The highest BCUT2D eigenvalue weighted by atomic mass is 16.1. The Morgan fingerprint density at radius 1 is 0.216 bits per heavy atom. The molecular formula is C48H90O3. The van der Waals surface area contributed by atoms with E-state index in [-0.39, 0.29) is 0 Å². The predicted octanol–water partition coefficient (Wildman–Crippen LogP) is 16.3.